The predicted octanol–water partition coefficient (Wildman–Crippen LogP) is 2.55. The van der Waals surface area contributed by atoms with Crippen LogP contribution in [-0.4, -0.2) is 31.1 Å². The molecule has 0 amide bonds. The Morgan fingerprint density at radius 2 is 2.31 bits per heavy atom. The molecule has 3 heteroatoms. The summed E-state index contributed by atoms with van der Waals surface area (Å²) in [4.78, 5) is 2.45. The molecule has 1 atom stereocenters. The number of aryl methyl sites for hydroxylation is 1. The molecule has 16 heavy (non-hydrogen) atoms. The molecule has 0 spiro atoms. The number of halogens is 1. The second kappa shape index (κ2) is 5.30. The van der Waals surface area contributed by atoms with Gasteiger partial charge in [0.15, 0.2) is 0 Å². The minimum atomic E-state index is 0.698. The summed E-state index contributed by atoms with van der Waals surface area (Å²) in [5.41, 5.74) is 2.71. The number of nitrogens with zero attached hydrogens (tertiary/aromatic N) is 1. The minimum absolute atomic E-state index is 0.698. The molecule has 0 aromatic heterocycles. The maximum absolute atomic E-state index is 3.54. The average molecular weight is 283 g/mol. The first-order valence-electron chi connectivity index (χ1n) is 5.83. The monoisotopic (exact) mass is 282 g/mol. The maximum Gasteiger partial charge on any atom is 0.0234 e. The third-order valence-electron chi connectivity index (χ3n) is 3.31. The van der Waals surface area contributed by atoms with Crippen molar-refractivity contribution in [3.63, 3.8) is 0 Å². The van der Waals surface area contributed by atoms with E-state index in [1.807, 2.05) is 0 Å². The standard InChI is InChI=1S/C13H19BrN2/c1-10-7-11(3-4-13(10)14)9-16(2)12-5-6-15-8-12/h3-4,7,12,15H,5-6,8-9H2,1-2H3. The van der Waals surface area contributed by atoms with E-state index in [9.17, 15) is 0 Å². The van der Waals surface area contributed by atoms with Crippen molar-refractivity contribution in [2.75, 3.05) is 20.1 Å². The number of benzene rings is 1. The molecule has 1 saturated heterocycles. The summed E-state index contributed by atoms with van der Waals surface area (Å²) in [5, 5.41) is 3.41. The largest absolute Gasteiger partial charge is 0.315 e. The zero-order valence-corrected chi connectivity index (χ0v) is 11.5. The first kappa shape index (κ1) is 12.1. The van der Waals surface area contributed by atoms with E-state index in [0.717, 1.165) is 19.6 Å². The van der Waals surface area contributed by atoms with Crippen LogP contribution in [0.5, 0.6) is 0 Å². The molecule has 1 N–H and O–H groups in total. The van der Waals surface area contributed by atoms with Gasteiger partial charge in [-0.25, -0.2) is 0 Å². The van der Waals surface area contributed by atoms with Crippen molar-refractivity contribution in [1.29, 1.82) is 0 Å². The number of nitrogens with one attached hydrogen (secondary N) is 1. The van der Waals surface area contributed by atoms with Gasteiger partial charge in [0, 0.05) is 23.6 Å². The summed E-state index contributed by atoms with van der Waals surface area (Å²) in [6.45, 7) is 5.48. The first-order chi connectivity index (χ1) is 7.66. The lowest BCUT2D eigenvalue weighted by molar-refractivity contribution is 0.249. The summed E-state index contributed by atoms with van der Waals surface area (Å²) in [6.07, 6.45) is 1.27. The highest BCUT2D eigenvalue weighted by molar-refractivity contribution is 9.10. The fraction of sp³-hybridized carbons (Fsp3) is 0.538. The summed E-state index contributed by atoms with van der Waals surface area (Å²) in [5.74, 6) is 0. The lowest BCUT2D eigenvalue weighted by atomic mass is 10.1. The van der Waals surface area contributed by atoms with Crippen molar-refractivity contribution >= 4 is 15.9 Å². The maximum atomic E-state index is 3.54. The van der Waals surface area contributed by atoms with Crippen LogP contribution in [0.25, 0.3) is 0 Å². The molecule has 1 aliphatic heterocycles. The number of rotatable bonds is 3. The van der Waals surface area contributed by atoms with Crippen molar-refractivity contribution in [3.8, 4) is 0 Å². The van der Waals surface area contributed by atoms with Crippen molar-refractivity contribution in [3.05, 3.63) is 33.8 Å². The molecule has 0 radical (unpaired) electrons. The zero-order chi connectivity index (χ0) is 11.5. The van der Waals surface area contributed by atoms with Gasteiger partial charge in [0.05, 0.1) is 0 Å². The molecule has 1 fully saturated rings. The van der Waals surface area contributed by atoms with Gasteiger partial charge >= 0.3 is 0 Å². The Morgan fingerprint density at radius 3 is 2.94 bits per heavy atom. The molecule has 1 aliphatic rings. The molecule has 2 rings (SSSR count). The van der Waals surface area contributed by atoms with Crippen LogP contribution in [-0.2, 0) is 6.54 Å². The van der Waals surface area contributed by atoms with Crippen LogP contribution in [0.3, 0.4) is 0 Å². The zero-order valence-electron chi connectivity index (χ0n) is 9.96. The van der Waals surface area contributed by atoms with E-state index in [4.69, 9.17) is 0 Å². The van der Waals surface area contributed by atoms with E-state index in [-0.39, 0.29) is 0 Å². The lowest BCUT2D eigenvalue weighted by Crippen LogP contribution is -2.32. The number of hydrogen-bond donors (Lipinski definition) is 1. The Kier molecular flexibility index (Phi) is 4.00. The van der Waals surface area contributed by atoms with E-state index < -0.39 is 0 Å². The Hall–Kier alpha value is -0.380. The Balaban J connectivity index is 1.99. The van der Waals surface area contributed by atoms with Gasteiger partial charge in [0.25, 0.3) is 0 Å². The number of hydrogen-bond acceptors (Lipinski definition) is 2. The fourth-order valence-electron chi connectivity index (χ4n) is 2.24. The molecule has 1 heterocycles. The van der Waals surface area contributed by atoms with Gasteiger partial charge < -0.3 is 5.32 Å². The summed E-state index contributed by atoms with van der Waals surface area (Å²) < 4.78 is 1.20. The third-order valence-corrected chi connectivity index (χ3v) is 4.20. The molecule has 0 bridgehead atoms. The van der Waals surface area contributed by atoms with Gasteiger partial charge in [-0.1, -0.05) is 28.1 Å². The Labute approximate surface area is 106 Å². The lowest BCUT2D eigenvalue weighted by Gasteiger charge is -2.23. The van der Waals surface area contributed by atoms with Gasteiger partial charge in [0.2, 0.25) is 0 Å². The van der Waals surface area contributed by atoms with Crippen LogP contribution in [0.2, 0.25) is 0 Å². The number of likely N-dealkylation sites (N-methyl/N-ethyl adjacent to an activating group) is 1. The SMILES string of the molecule is Cc1cc(CN(C)C2CCNC2)ccc1Br. The van der Waals surface area contributed by atoms with Crippen molar-refractivity contribution in [1.82, 2.24) is 10.2 Å². The second-order valence-corrected chi connectivity index (χ2v) is 5.50. The van der Waals surface area contributed by atoms with E-state index in [0.29, 0.717) is 6.04 Å². The fourth-order valence-corrected chi connectivity index (χ4v) is 2.48. The molecular weight excluding hydrogens is 264 g/mol. The van der Waals surface area contributed by atoms with Crippen LogP contribution in [0.1, 0.15) is 17.5 Å². The summed E-state index contributed by atoms with van der Waals surface area (Å²) >= 11 is 3.54. The second-order valence-electron chi connectivity index (χ2n) is 4.65. The highest BCUT2D eigenvalue weighted by Crippen LogP contribution is 2.19. The van der Waals surface area contributed by atoms with Gasteiger partial charge in [-0.05, 0) is 44.1 Å². The molecule has 0 saturated carbocycles. The molecule has 88 valence electrons. The van der Waals surface area contributed by atoms with Gasteiger partial charge in [-0.2, -0.15) is 0 Å². The Bertz CT molecular complexity index is 359. The molecular formula is C13H19BrN2. The van der Waals surface area contributed by atoms with Crippen LogP contribution in [0, 0.1) is 6.92 Å². The topological polar surface area (TPSA) is 15.3 Å². The van der Waals surface area contributed by atoms with E-state index in [1.165, 1.54) is 22.0 Å². The Morgan fingerprint density at radius 1 is 1.50 bits per heavy atom. The first-order valence-corrected chi connectivity index (χ1v) is 6.62. The van der Waals surface area contributed by atoms with Crippen molar-refractivity contribution in [2.45, 2.75) is 25.9 Å². The molecule has 2 nitrogen and oxygen atoms in total. The van der Waals surface area contributed by atoms with Crippen LogP contribution < -0.4 is 5.32 Å². The van der Waals surface area contributed by atoms with Gasteiger partial charge in [-0.15, -0.1) is 0 Å². The molecule has 1 aromatic rings. The summed E-state index contributed by atoms with van der Waals surface area (Å²) in [7, 11) is 2.22. The van der Waals surface area contributed by atoms with Crippen molar-refractivity contribution in [2.24, 2.45) is 0 Å². The highest BCUT2D eigenvalue weighted by Gasteiger charge is 2.18. The van der Waals surface area contributed by atoms with E-state index >= 15 is 0 Å². The van der Waals surface area contributed by atoms with E-state index in [2.05, 4.69) is 58.3 Å². The smallest absolute Gasteiger partial charge is 0.0234 e. The van der Waals surface area contributed by atoms with Crippen molar-refractivity contribution < 1.29 is 0 Å². The molecule has 1 aromatic carbocycles. The van der Waals surface area contributed by atoms with Crippen LogP contribution in [0.4, 0.5) is 0 Å². The highest BCUT2D eigenvalue weighted by atomic mass is 79.9. The van der Waals surface area contributed by atoms with Crippen LogP contribution >= 0.6 is 15.9 Å². The predicted molar refractivity (Wildman–Crippen MR) is 71.6 cm³/mol. The summed E-state index contributed by atoms with van der Waals surface area (Å²) in [6, 6.07) is 7.31. The normalized spacial score (nSPS) is 20.6. The van der Waals surface area contributed by atoms with Gasteiger partial charge in [0.1, 0.15) is 0 Å². The molecule has 1 unspecified atom stereocenters. The quantitative estimate of drug-likeness (QED) is 0.917. The third kappa shape index (κ3) is 2.84. The average Bonchev–Trinajstić information content (AvgIpc) is 2.77. The van der Waals surface area contributed by atoms with Crippen LogP contribution in [0.15, 0.2) is 22.7 Å². The molecule has 0 aliphatic carbocycles. The minimum Gasteiger partial charge on any atom is -0.315 e. The van der Waals surface area contributed by atoms with E-state index in [1.54, 1.807) is 0 Å². The van der Waals surface area contributed by atoms with Gasteiger partial charge in [-0.3, -0.25) is 4.90 Å².